The second kappa shape index (κ2) is 9.60. The van der Waals surface area contributed by atoms with E-state index in [1.165, 1.54) is 11.1 Å². The van der Waals surface area contributed by atoms with Gasteiger partial charge in [-0.25, -0.2) is 0 Å². The Morgan fingerprint density at radius 2 is 2.04 bits per heavy atom. The molecule has 5 heteroatoms. The molecule has 0 unspecified atom stereocenters. The van der Waals surface area contributed by atoms with Gasteiger partial charge in [-0.1, -0.05) is 35.9 Å². The maximum Gasteiger partial charge on any atom is 0.251 e. The fraction of sp³-hybridized carbons (Fsp3) is 0.316. The Balaban J connectivity index is 1.75. The summed E-state index contributed by atoms with van der Waals surface area (Å²) in [6.07, 6.45) is 0. The molecule has 128 valence electrons. The van der Waals surface area contributed by atoms with E-state index < -0.39 is 0 Å². The quantitative estimate of drug-likeness (QED) is 0.690. The van der Waals surface area contributed by atoms with E-state index in [1.54, 1.807) is 18.2 Å². The molecule has 1 amide bonds. The van der Waals surface area contributed by atoms with Crippen LogP contribution in [-0.2, 0) is 5.75 Å². The molecular formula is C19H22ClNO2S. The van der Waals surface area contributed by atoms with E-state index in [4.69, 9.17) is 16.3 Å². The van der Waals surface area contributed by atoms with Gasteiger partial charge in [0.15, 0.2) is 0 Å². The molecule has 0 heterocycles. The third-order valence-electron chi connectivity index (χ3n) is 3.54. The molecule has 2 rings (SSSR count). The zero-order valence-corrected chi connectivity index (χ0v) is 15.5. The minimum atomic E-state index is -0.114. The Bertz CT molecular complexity index is 691. The topological polar surface area (TPSA) is 38.3 Å². The molecule has 0 spiro atoms. The number of amides is 1. The van der Waals surface area contributed by atoms with E-state index in [9.17, 15) is 4.79 Å². The molecule has 0 aliphatic rings. The van der Waals surface area contributed by atoms with Crippen molar-refractivity contribution < 1.29 is 9.53 Å². The largest absolute Gasteiger partial charge is 0.492 e. The number of carbonyl (C=O) groups is 1. The normalized spacial score (nSPS) is 10.5. The lowest BCUT2D eigenvalue weighted by Crippen LogP contribution is -2.25. The highest BCUT2D eigenvalue weighted by Crippen LogP contribution is 2.25. The first kappa shape index (κ1) is 18.7. The maximum absolute atomic E-state index is 12.1. The molecule has 0 saturated heterocycles. The third kappa shape index (κ3) is 5.46. The number of ether oxygens (including phenoxy) is 1. The molecule has 0 atom stereocenters. The molecule has 2 aromatic carbocycles. The summed E-state index contributed by atoms with van der Waals surface area (Å²) in [5.41, 5.74) is 3.19. The van der Waals surface area contributed by atoms with E-state index in [-0.39, 0.29) is 5.91 Å². The number of thioether (sulfide) groups is 1. The average Bonchev–Trinajstić information content (AvgIpc) is 2.58. The van der Waals surface area contributed by atoms with Crippen LogP contribution in [0.3, 0.4) is 0 Å². The zero-order chi connectivity index (χ0) is 17.4. The molecule has 3 nitrogen and oxygen atoms in total. The lowest BCUT2D eigenvalue weighted by atomic mass is 10.1. The number of hydrogen-bond acceptors (Lipinski definition) is 3. The van der Waals surface area contributed by atoms with Crippen LogP contribution < -0.4 is 10.1 Å². The Labute approximate surface area is 152 Å². The van der Waals surface area contributed by atoms with Gasteiger partial charge in [0, 0.05) is 23.6 Å². The van der Waals surface area contributed by atoms with Crippen molar-refractivity contribution in [3.63, 3.8) is 0 Å². The van der Waals surface area contributed by atoms with Crippen molar-refractivity contribution in [2.24, 2.45) is 0 Å². The van der Waals surface area contributed by atoms with Crippen molar-refractivity contribution in [2.45, 2.75) is 19.6 Å². The Morgan fingerprint density at radius 1 is 1.25 bits per heavy atom. The summed E-state index contributed by atoms with van der Waals surface area (Å²) in [6, 6.07) is 13.5. The third-order valence-corrected chi connectivity index (χ3v) is 4.85. The molecule has 0 fully saturated rings. The number of carbonyl (C=O) groups excluding carboxylic acids is 1. The molecule has 0 radical (unpaired) electrons. The van der Waals surface area contributed by atoms with Crippen LogP contribution in [-0.4, -0.2) is 24.8 Å². The molecule has 2 aromatic rings. The second-order valence-electron chi connectivity index (χ2n) is 5.31. The van der Waals surface area contributed by atoms with Crippen LogP contribution >= 0.6 is 23.4 Å². The second-order valence-corrected chi connectivity index (χ2v) is 6.83. The Hall–Kier alpha value is -1.65. The van der Waals surface area contributed by atoms with Crippen LogP contribution in [0.4, 0.5) is 0 Å². The molecule has 0 aromatic heterocycles. The first-order valence-corrected chi connectivity index (χ1v) is 9.48. The number of hydrogen-bond donors (Lipinski definition) is 1. The lowest BCUT2D eigenvalue weighted by Gasteiger charge is -2.09. The van der Waals surface area contributed by atoms with Gasteiger partial charge < -0.3 is 10.1 Å². The minimum absolute atomic E-state index is 0.114. The SMILES string of the molecule is CCOc1ccc(C(=O)NCCSCc2ccccc2C)cc1Cl. The van der Waals surface area contributed by atoms with Gasteiger partial charge in [0.25, 0.3) is 5.91 Å². The fourth-order valence-electron chi connectivity index (χ4n) is 2.21. The van der Waals surface area contributed by atoms with Gasteiger partial charge in [0.2, 0.25) is 0 Å². The summed E-state index contributed by atoms with van der Waals surface area (Å²) >= 11 is 7.92. The van der Waals surface area contributed by atoms with Crippen LogP contribution in [0.1, 0.15) is 28.4 Å². The van der Waals surface area contributed by atoms with Gasteiger partial charge in [-0.05, 0) is 43.2 Å². The molecule has 1 N–H and O–H groups in total. The van der Waals surface area contributed by atoms with E-state index in [1.807, 2.05) is 24.8 Å². The first-order chi connectivity index (χ1) is 11.6. The van der Waals surface area contributed by atoms with Crippen LogP contribution in [0, 0.1) is 6.92 Å². The van der Waals surface area contributed by atoms with E-state index >= 15 is 0 Å². The Morgan fingerprint density at radius 3 is 2.75 bits per heavy atom. The van der Waals surface area contributed by atoms with Gasteiger partial charge in [-0.2, -0.15) is 11.8 Å². The molecule has 0 saturated carbocycles. The van der Waals surface area contributed by atoms with Crippen molar-refractivity contribution in [2.75, 3.05) is 18.9 Å². The first-order valence-electron chi connectivity index (χ1n) is 7.94. The van der Waals surface area contributed by atoms with Gasteiger partial charge in [-0.15, -0.1) is 0 Å². The summed E-state index contributed by atoms with van der Waals surface area (Å²) in [5.74, 6) is 2.31. The Kier molecular flexibility index (Phi) is 7.47. The van der Waals surface area contributed by atoms with Crippen LogP contribution in [0.5, 0.6) is 5.75 Å². The van der Waals surface area contributed by atoms with Gasteiger partial charge in [0.1, 0.15) is 5.75 Å². The highest BCUT2D eigenvalue weighted by molar-refractivity contribution is 7.98. The van der Waals surface area contributed by atoms with Crippen LogP contribution in [0.15, 0.2) is 42.5 Å². The number of benzene rings is 2. The van der Waals surface area contributed by atoms with Crippen molar-refractivity contribution in [1.29, 1.82) is 0 Å². The monoisotopic (exact) mass is 363 g/mol. The molecular weight excluding hydrogens is 342 g/mol. The van der Waals surface area contributed by atoms with E-state index in [2.05, 4.69) is 30.4 Å². The number of rotatable bonds is 8. The minimum Gasteiger partial charge on any atom is -0.492 e. The number of aryl methyl sites for hydroxylation is 1. The predicted molar refractivity (Wildman–Crippen MR) is 102 cm³/mol. The maximum atomic E-state index is 12.1. The summed E-state index contributed by atoms with van der Waals surface area (Å²) in [6.45, 7) is 5.18. The smallest absolute Gasteiger partial charge is 0.251 e. The van der Waals surface area contributed by atoms with E-state index in [0.29, 0.717) is 29.5 Å². The standard InChI is InChI=1S/C19H22ClNO2S/c1-3-23-18-9-8-15(12-17(18)20)19(22)21-10-11-24-13-16-7-5-4-6-14(16)2/h4-9,12H,3,10-11,13H2,1-2H3,(H,21,22). The summed E-state index contributed by atoms with van der Waals surface area (Å²) < 4.78 is 5.37. The number of halogens is 1. The average molecular weight is 364 g/mol. The summed E-state index contributed by atoms with van der Waals surface area (Å²) in [5, 5.41) is 3.38. The predicted octanol–water partition coefficient (Wildman–Crippen LogP) is 4.71. The summed E-state index contributed by atoms with van der Waals surface area (Å²) in [7, 11) is 0. The van der Waals surface area contributed by atoms with E-state index in [0.717, 1.165) is 11.5 Å². The lowest BCUT2D eigenvalue weighted by molar-refractivity contribution is 0.0956. The highest BCUT2D eigenvalue weighted by Gasteiger charge is 2.09. The number of nitrogens with one attached hydrogen (secondary N) is 1. The van der Waals surface area contributed by atoms with Crippen molar-refractivity contribution >= 4 is 29.3 Å². The molecule has 0 bridgehead atoms. The van der Waals surface area contributed by atoms with Gasteiger partial charge in [0.05, 0.1) is 11.6 Å². The molecule has 0 aliphatic heterocycles. The summed E-state index contributed by atoms with van der Waals surface area (Å²) in [4.78, 5) is 12.1. The van der Waals surface area contributed by atoms with Crippen LogP contribution in [0.25, 0.3) is 0 Å². The van der Waals surface area contributed by atoms with Gasteiger partial charge >= 0.3 is 0 Å². The zero-order valence-electron chi connectivity index (χ0n) is 14.0. The van der Waals surface area contributed by atoms with Gasteiger partial charge in [-0.3, -0.25) is 4.79 Å². The van der Waals surface area contributed by atoms with Crippen molar-refractivity contribution in [1.82, 2.24) is 5.32 Å². The fourth-order valence-corrected chi connectivity index (χ4v) is 3.38. The van der Waals surface area contributed by atoms with Crippen molar-refractivity contribution in [3.8, 4) is 5.75 Å². The van der Waals surface area contributed by atoms with Crippen molar-refractivity contribution in [3.05, 3.63) is 64.2 Å². The highest BCUT2D eigenvalue weighted by atomic mass is 35.5. The molecule has 24 heavy (non-hydrogen) atoms. The molecule has 0 aliphatic carbocycles. The van der Waals surface area contributed by atoms with Crippen LogP contribution in [0.2, 0.25) is 5.02 Å².